The van der Waals surface area contributed by atoms with Crippen LogP contribution in [0.15, 0.2) is 145 Å². The van der Waals surface area contributed by atoms with Crippen LogP contribution in [0.3, 0.4) is 0 Å². The van der Waals surface area contributed by atoms with E-state index in [-0.39, 0.29) is 11.9 Å². The molecule has 6 aromatic rings. The smallest absolute Gasteiger partial charge is 0.215 e. The van der Waals surface area contributed by atoms with Gasteiger partial charge in [-0.05, 0) is 68.4 Å². The minimum atomic E-state index is -0.766. The third-order valence-corrected chi connectivity index (χ3v) is 8.65. The Labute approximate surface area is 269 Å². The molecule has 5 nitrogen and oxygen atoms in total. The molecule has 1 aliphatic rings. The van der Waals surface area contributed by atoms with Crippen molar-refractivity contribution in [3.8, 4) is 0 Å². The molecular weight excluding hydrogens is 564 g/mol. The predicted molar refractivity (Wildman–Crippen MR) is 190 cm³/mol. The molecule has 6 aromatic carbocycles. The van der Waals surface area contributed by atoms with Crippen LogP contribution in [0.4, 0.5) is 0 Å². The maximum absolute atomic E-state index is 8.47. The summed E-state index contributed by atoms with van der Waals surface area (Å²) in [5.41, 5.74) is 13.3. The van der Waals surface area contributed by atoms with Crippen molar-refractivity contribution in [2.45, 2.75) is 32.0 Å². The van der Waals surface area contributed by atoms with Crippen LogP contribution in [0.25, 0.3) is 27.2 Å². The van der Waals surface area contributed by atoms with E-state index in [0.717, 1.165) is 33.8 Å². The fraction of sp³-hybridized carbons (Fsp3) is 0.122. The average Bonchev–Trinajstić information content (AvgIpc) is 3.11. The van der Waals surface area contributed by atoms with Crippen molar-refractivity contribution < 1.29 is 4.74 Å². The lowest BCUT2D eigenvalue weighted by Crippen LogP contribution is -2.27. The second-order valence-corrected chi connectivity index (χ2v) is 12.0. The number of hydrogen-bond donors (Lipinski definition) is 3. The van der Waals surface area contributed by atoms with Gasteiger partial charge in [-0.3, -0.25) is 16.1 Å². The van der Waals surface area contributed by atoms with Crippen LogP contribution in [0.5, 0.6) is 0 Å². The molecule has 5 heteroatoms. The maximum atomic E-state index is 8.47. The van der Waals surface area contributed by atoms with E-state index in [4.69, 9.17) is 20.9 Å². The molecule has 2 atom stereocenters. The second-order valence-electron chi connectivity index (χ2n) is 12.0. The van der Waals surface area contributed by atoms with Crippen LogP contribution >= 0.6 is 0 Å². The molecule has 2 unspecified atom stereocenters. The number of rotatable bonds is 7. The number of nitrogens with one attached hydrogen (secondary N) is 2. The standard InChI is InChI=1S/C41H36N4O/c1-26(2)27-16-20-29(21-17-27)39(42)46-40(43)30-22-18-28(19-23-30)37-25-38(45-41(44-37)31-10-4-3-5-11-31)36-24-32-12-6-7-13-33(32)34-14-8-9-15-35(34)36/h3-26,38,40,42H,43H2,1-2H3,(H,44,45). The van der Waals surface area contributed by atoms with Gasteiger partial charge in [0.15, 0.2) is 6.23 Å². The summed E-state index contributed by atoms with van der Waals surface area (Å²) < 4.78 is 5.85. The third-order valence-electron chi connectivity index (χ3n) is 8.65. The van der Waals surface area contributed by atoms with Crippen LogP contribution in [0, 0.1) is 5.41 Å². The number of benzene rings is 6. The predicted octanol–water partition coefficient (Wildman–Crippen LogP) is 9.25. The van der Waals surface area contributed by atoms with Gasteiger partial charge < -0.3 is 10.1 Å². The molecule has 7 rings (SSSR count). The lowest BCUT2D eigenvalue weighted by molar-refractivity contribution is 0.199. The molecule has 1 heterocycles. The SMILES string of the molecule is CC(C)c1ccc(C(=N)OC(N)c2ccc(C3=CC(c4cc5ccccc5c5ccccc45)N=C(c4ccccc4)N3)cc2)cc1. The molecule has 1 aliphatic heterocycles. The van der Waals surface area contributed by atoms with Crippen molar-refractivity contribution in [2.24, 2.45) is 10.7 Å². The number of ether oxygens (including phenoxy) is 1. The fourth-order valence-corrected chi connectivity index (χ4v) is 6.07. The first kappa shape index (κ1) is 29.2. The van der Waals surface area contributed by atoms with Crippen molar-refractivity contribution in [3.63, 3.8) is 0 Å². The Kier molecular flexibility index (Phi) is 7.91. The average molecular weight is 601 g/mol. The first-order chi connectivity index (χ1) is 22.4. The van der Waals surface area contributed by atoms with Crippen LogP contribution in [-0.2, 0) is 4.74 Å². The minimum absolute atomic E-state index is 0.0534. The molecule has 0 aliphatic carbocycles. The molecule has 0 radical (unpaired) electrons. The van der Waals surface area contributed by atoms with Gasteiger partial charge in [0.05, 0.1) is 6.04 Å². The molecule has 0 bridgehead atoms. The number of aliphatic imine (C=N–C) groups is 1. The molecule has 0 saturated carbocycles. The van der Waals surface area contributed by atoms with E-state index < -0.39 is 6.23 Å². The van der Waals surface area contributed by atoms with Crippen molar-refractivity contribution in [3.05, 3.63) is 173 Å². The Morgan fingerprint density at radius 1 is 0.717 bits per heavy atom. The summed E-state index contributed by atoms with van der Waals surface area (Å²) >= 11 is 0. The zero-order valence-corrected chi connectivity index (χ0v) is 25.9. The number of nitrogens with two attached hydrogens (primary N) is 1. The third kappa shape index (κ3) is 5.81. The van der Waals surface area contributed by atoms with E-state index >= 15 is 0 Å². The highest BCUT2D eigenvalue weighted by Crippen LogP contribution is 2.37. The Morgan fingerprint density at radius 3 is 2.07 bits per heavy atom. The van der Waals surface area contributed by atoms with Gasteiger partial charge in [0.1, 0.15) is 5.84 Å². The zero-order chi connectivity index (χ0) is 31.6. The van der Waals surface area contributed by atoms with E-state index in [9.17, 15) is 0 Å². The van der Waals surface area contributed by atoms with Gasteiger partial charge in [-0.1, -0.05) is 129 Å². The number of amidine groups is 1. The molecule has 0 fully saturated rings. The molecule has 0 spiro atoms. The molecule has 46 heavy (non-hydrogen) atoms. The number of hydrogen-bond acceptors (Lipinski definition) is 5. The summed E-state index contributed by atoms with van der Waals surface area (Å²) in [6.45, 7) is 4.30. The van der Waals surface area contributed by atoms with Crippen LogP contribution in [0.2, 0.25) is 0 Å². The highest BCUT2D eigenvalue weighted by Gasteiger charge is 2.22. The number of fused-ring (bicyclic) bond motifs is 3. The van der Waals surface area contributed by atoms with Crippen molar-refractivity contribution in [2.75, 3.05) is 0 Å². The lowest BCUT2D eigenvalue weighted by atomic mass is 9.92. The summed E-state index contributed by atoms with van der Waals surface area (Å²) in [5.74, 6) is 1.30. The molecular formula is C41H36N4O. The summed E-state index contributed by atoms with van der Waals surface area (Å²) in [6.07, 6.45) is 1.43. The summed E-state index contributed by atoms with van der Waals surface area (Å²) in [7, 11) is 0. The second kappa shape index (κ2) is 12.5. The Bertz CT molecular complexity index is 2100. The Morgan fingerprint density at radius 2 is 1.35 bits per heavy atom. The van der Waals surface area contributed by atoms with E-state index in [2.05, 4.69) is 92.0 Å². The van der Waals surface area contributed by atoms with Gasteiger partial charge in [0.25, 0.3) is 0 Å². The monoisotopic (exact) mass is 600 g/mol. The molecule has 226 valence electrons. The Hall–Kier alpha value is -5.52. The van der Waals surface area contributed by atoms with Crippen LogP contribution in [-0.4, -0.2) is 11.7 Å². The first-order valence-corrected chi connectivity index (χ1v) is 15.7. The van der Waals surface area contributed by atoms with E-state index in [1.54, 1.807) is 0 Å². The topological polar surface area (TPSA) is 83.5 Å². The van der Waals surface area contributed by atoms with Gasteiger partial charge in [-0.25, -0.2) is 0 Å². The molecule has 0 aromatic heterocycles. The molecule has 4 N–H and O–H groups in total. The molecule has 0 amide bonds. The summed E-state index contributed by atoms with van der Waals surface area (Å²) in [4.78, 5) is 5.24. The lowest BCUT2D eigenvalue weighted by Gasteiger charge is -2.25. The van der Waals surface area contributed by atoms with Gasteiger partial charge >= 0.3 is 0 Å². The van der Waals surface area contributed by atoms with Crippen LogP contribution in [0.1, 0.15) is 65.4 Å². The van der Waals surface area contributed by atoms with Crippen molar-refractivity contribution in [1.82, 2.24) is 5.32 Å². The van der Waals surface area contributed by atoms with Gasteiger partial charge in [-0.15, -0.1) is 0 Å². The van der Waals surface area contributed by atoms with E-state index in [0.29, 0.717) is 11.5 Å². The quantitative estimate of drug-likeness (QED) is 0.0739. The van der Waals surface area contributed by atoms with Gasteiger partial charge in [0.2, 0.25) is 5.90 Å². The highest BCUT2D eigenvalue weighted by atomic mass is 16.5. The van der Waals surface area contributed by atoms with E-state index in [1.807, 2.05) is 66.7 Å². The molecule has 0 saturated heterocycles. The van der Waals surface area contributed by atoms with Gasteiger partial charge in [-0.2, -0.15) is 0 Å². The fourth-order valence-electron chi connectivity index (χ4n) is 6.07. The van der Waals surface area contributed by atoms with E-state index in [1.165, 1.54) is 27.1 Å². The van der Waals surface area contributed by atoms with Crippen LogP contribution < -0.4 is 11.1 Å². The summed E-state index contributed by atoms with van der Waals surface area (Å²) in [6, 6.07) is 45.3. The maximum Gasteiger partial charge on any atom is 0.215 e. The van der Waals surface area contributed by atoms with Crippen molar-refractivity contribution >= 4 is 39.0 Å². The van der Waals surface area contributed by atoms with Crippen molar-refractivity contribution in [1.29, 1.82) is 5.41 Å². The summed E-state index contributed by atoms with van der Waals surface area (Å²) in [5, 5.41) is 16.9. The van der Waals surface area contributed by atoms with Gasteiger partial charge in [0, 0.05) is 22.4 Å². The normalized spacial score (nSPS) is 15.3. The number of nitrogens with zero attached hydrogens (tertiary/aromatic N) is 1. The zero-order valence-electron chi connectivity index (χ0n) is 25.9. The largest absolute Gasteiger partial charge is 0.454 e. The highest BCUT2D eigenvalue weighted by molar-refractivity contribution is 6.10. The Balaban J connectivity index is 1.21. The minimum Gasteiger partial charge on any atom is -0.454 e. The first-order valence-electron chi connectivity index (χ1n) is 15.7.